The molecule has 0 amide bonds. The van der Waals surface area contributed by atoms with E-state index in [4.69, 9.17) is 27.9 Å². The number of carboxylic acid groups (broad SMARTS) is 1. The van der Waals surface area contributed by atoms with Crippen LogP contribution in [0.4, 0.5) is 8.78 Å². The van der Waals surface area contributed by atoms with Gasteiger partial charge in [0, 0.05) is 35.3 Å². The first-order valence-corrected chi connectivity index (χ1v) is 11.1. The molecule has 2 N–H and O–H groups in total. The number of aliphatic hydroxyl groups is 2. The van der Waals surface area contributed by atoms with Gasteiger partial charge in [0.2, 0.25) is 0 Å². The van der Waals surface area contributed by atoms with Crippen LogP contribution >= 0.6 is 23.2 Å². The van der Waals surface area contributed by atoms with E-state index in [0.717, 1.165) is 0 Å². The molecule has 0 fully saturated rings. The van der Waals surface area contributed by atoms with Crippen molar-refractivity contribution in [1.82, 2.24) is 0 Å². The first kappa shape index (κ1) is 29.5. The summed E-state index contributed by atoms with van der Waals surface area (Å²) in [5.74, 6) is -2.70. The number of aliphatic carboxylic acids is 1. The van der Waals surface area contributed by atoms with E-state index in [9.17, 15) is 28.9 Å². The van der Waals surface area contributed by atoms with Crippen LogP contribution < -0.4 is 39.4 Å². The van der Waals surface area contributed by atoms with E-state index in [0.29, 0.717) is 21.7 Å². The predicted octanol–water partition coefficient (Wildman–Crippen LogP) is 1.09. The van der Waals surface area contributed by atoms with Crippen molar-refractivity contribution < 1.29 is 63.2 Å². The van der Waals surface area contributed by atoms with Crippen LogP contribution in [0, 0.1) is 11.6 Å². The number of aliphatic hydroxyl groups excluding tert-OH is 2. The van der Waals surface area contributed by atoms with Gasteiger partial charge in [-0.3, -0.25) is 0 Å². The molecule has 10 heteroatoms. The molecule has 2 atom stereocenters. The molecule has 0 aliphatic heterocycles. The molecular formula is C25H21Cl2F2NaO5. The van der Waals surface area contributed by atoms with Crippen molar-refractivity contribution in [3.8, 4) is 5.75 Å². The number of carbonyl (C=O) groups is 1. The number of rotatable bonds is 10. The number of ether oxygens (including phenoxy) is 1. The number of benzene rings is 3. The van der Waals surface area contributed by atoms with Crippen LogP contribution in [0.15, 0.2) is 60.7 Å². The van der Waals surface area contributed by atoms with Crippen LogP contribution in [0.25, 0.3) is 0 Å². The first-order valence-electron chi connectivity index (χ1n) is 10.3. The summed E-state index contributed by atoms with van der Waals surface area (Å²) in [6.45, 7) is -0.308. The molecule has 0 spiro atoms. The Morgan fingerprint density at radius 2 is 1.43 bits per heavy atom. The maximum Gasteiger partial charge on any atom is 1.00 e. The zero-order valence-corrected chi connectivity index (χ0v) is 22.3. The summed E-state index contributed by atoms with van der Waals surface area (Å²) in [6.07, 6.45) is -3.39. The number of carbonyl (C=O) groups excluding carboxylic acids is 1. The van der Waals surface area contributed by atoms with Crippen LogP contribution in [-0.4, -0.2) is 35.0 Å². The van der Waals surface area contributed by atoms with Crippen molar-refractivity contribution >= 4 is 29.2 Å². The molecular weight excluding hydrogens is 512 g/mol. The van der Waals surface area contributed by atoms with Crippen molar-refractivity contribution in [2.24, 2.45) is 0 Å². The third-order valence-electron chi connectivity index (χ3n) is 5.12. The summed E-state index contributed by atoms with van der Waals surface area (Å²) in [7, 11) is 0. The van der Waals surface area contributed by atoms with Crippen LogP contribution in [0.5, 0.6) is 5.75 Å². The Bertz CT molecular complexity index is 1080. The van der Waals surface area contributed by atoms with Gasteiger partial charge in [-0.1, -0.05) is 47.5 Å². The Hall–Kier alpha value is -1.71. The van der Waals surface area contributed by atoms with Crippen LogP contribution in [0.3, 0.4) is 0 Å². The van der Waals surface area contributed by atoms with Crippen molar-refractivity contribution in [3.05, 3.63) is 99.0 Å². The van der Waals surface area contributed by atoms with Gasteiger partial charge in [0.1, 0.15) is 24.0 Å². The van der Waals surface area contributed by atoms with Gasteiger partial charge in [0.25, 0.3) is 0 Å². The van der Waals surface area contributed by atoms with Gasteiger partial charge in [-0.15, -0.1) is 0 Å². The van der Waals surface area contributed by atoms with Gasteiger partial charge in [-0.05, 0) is 47.5 Å². The zero-order valence-electron chi connectivity index (χ0n) is 18.8. The maximum absolute atomic E-state index is 13.6. The fourth-order valence-corrected chi connectivity index (χ4v) is 4.21. The van der Waals surface area contributed by atoms with Gasteiger partial charge in [-0.25, -0.2) is 8.78 Å². The molecule has 3 rings (SSSR count). The average Bonchev–Trinajstić information content (AvgIpc) is 2.75. The fourth-order valence-electron chi connectivity index (χ4n) is 3.65. The normalized spacial score (nSPS) is 12.7. The third kappa shape index (κ3) is 8.43. The Balaban J connectivity index is 0.00000432. The third-order valence-corrected chi connectivity index (χ3v) is 5.62. The van der Waals surface area contributed by atoms with E-state index in [1.165, 1.54) is 30.3 Å². The number of halogens is 4. The van der Waals surface area contributed by atoms with Crippen LogP contribution in [-0.2, 0) is 4.79 Å². The molecule has 0 saturated heterocycles. The summed E-state index contributed by atoms with van der Waals surface area (Å²) in [5, 5.41) is 31.0. The minimum absolute atomic E-state index is 0. The maximum atomic E-state index is 13.6. The van der Waals surface area contributed by atoms with E-state index >= 15 is 0 Å². The first-order chi connectivity index (χ1) is 16.1. The van der Waals surface area contributed by atoms with Crippen LogP contribution in [0.1, 0.15) is 35.4 Å². The van der Waals surface area contributed by atoms with Gasteiger partial charge >= 0.3 is 29.6 Å². The van der Waals surface area contributed by atoms with Crippen molar-refractivity contribution in [1.29, 1.82) is 0 Å². The van der Waals surface area contributed by atoms with Gasteiger partial charge in [-0.2, -0.15) is 0 Å². The summed E-state index contributed by atoms with van der Waals surface area (Å²) in [5.41, 5.74) is 1.79. The SMILES string of the molecule is O=C([O-])C[C@H](O)C[C@H](O)COc1c(Cl)cc(Cl)cc1C(c1ccc(F)cc1)c1ccc(F)cc1.[Na+]. The van der Waals surface area contributed by atoms with Crippen molar-refractivity contribution in [2.75, 3.05) is 6.61 Å². The van der Waals surface area contributed by atoms with Crippen LogP contribution in [0.2, 0.25) is 10.0 Å². The molecule has 5 nitrogen and oxygen atoms in total. The molecule has 0 heterocycles. The molecule has 0 radical (unpaired) electrons. The average molecular weight is 533 g/mol. The molecule has 0 saturated carbocycles. The van der Waals surface area contributed by atoms with E-state index in [2.05, 4.69) is 0 Å². The zero-order chi connectivity index (χ0) is 24.8. The van der Waals surface area contributed by atoms with E-state index < -0.39 is 42.2 Å². The fraction of sp³-hybridized carbons (Fsp3) is 0.240. The molecule has 0 unspecified atom stereocenters. The summed E-state index contributed by atoms with van der Waals surface area (Å²) in [6, 6.07) is 14.5. The molecule has 0 aliphatic rings. The smallest absolute Gasteiger partial charge is 0.550 e. The molecule has 0 aliphatic carbocycles. The molecule has 0 bridgehead atoms. The number of hydrogen-bond acceptors (Lipinski definition) is 5. The van der Waals surface area contributed by atoms with Gasteiger partial charge in [0.05, 0.1) is 17.2 Å². The Labute approximate surface area is 233 Å². The quantitative estimate of drug-likeness (QED) is 0.301. The van der Waals surface area contributed by atoms with E-state index in [1.807, 2.05) is 0 Å². The van der Waals surface area contributed by atoms with Gasteiger partial charge in [0.15, 0.2) is 0 Å². The van der Waals surface area contributed by atoms with E-state index in [-0.39, 0.29) is 53.4 Å². The summed E-state index contributed by atoms with van der Waals surface area (Å²) < 4.78 is 33.0. The second-order valence-corrected chi connectivity index (χ2v) is 8.62. The summed E-state index contributed by atoms with van der Waals surface area (Å²) >= 11 is 12.7. The predicted molar refractivity (Wildman–Crippen MR) is 122 cm³/mol. The minimum Gasteiger partial charge on any atom is -0.550 e. The molecule has 35 heavy (non-hydrogen) atoms. The monoisotopic (exact) mass is 532 g/mol. The summed E-state index contributed by atoms with van der Waals surface area (Å²) in [4.78, 5) is 10.6. The Morgan fingerprint density at radius 1 is 0.914 bits per heavy atom. The molecule has 0 aromatic heterocycles. The topological polar surface area (TPSA) is 89.8 Å². The molecule has 3 aromatic rings. The second-order valence-electron chi connectivity index (χ2n) is 7.77. The second kappa shape index (κ2) is 13.6. The molecule has 180 valence electrons. The van der Waals surface area contributed by atoms with Gasteiger partial charge < -0.3 is 24.9 Å². The standard InChI is InChI=1S/C25H22Cl2F2O5.Na/c26-16-9-21(25(22(27)10-16)34-13-20(31)11-19(30)12-23(32)33)24(14-1-5-17(28)6-2-14)15-3-7-18(29)8-4-15;/h1-10,19-20,24,30-31H,11-13H2,(H,32,33);/q;+1/p-1/t19-,20+;/m1./s1. The number of hydrogen-bond donors (Lipinski definition) is 2. The molecule has 3 aromatic carbocycles. The van der Waals surface area contributed by atoms with Crippen molar-refractivity contribution in [2.45, 2.75) is 31.0 Å². The largest absolute Gasteiger partial charge is 1.00 e. The Morgan fingerprint density at radius 3 is 1.91 bits per heavy atom. The van der Waals surface area contributed by atoms with Crippen molar-refractivity contribution in [3.63, 3.8) is 0 Å². The Kier molecular flexibility index (Phi) is 11.4. The number of carboxylic acids is 1. The van der Waals surface area contributed by atoms with E-state index in [1.54, 1.807) is 30.3 Å². The minimum atomic E-state index is -1.44.